The topological polar surface area (TPSA) is 59.5 Å². The molecule has 0 saturated carbocycles. The zero-order valence-electron chi connectivity index (χ0n) is 17.4. The zero-order chi connectivity index (χ0) is 20.7. The maximum atomic E-state index is 12.6. The third-order valence-corrected chi connectivity index (χ3v) is 4.89. The molecule has 25 heavy (non-hydrogen) atoms. The first kappa shape index (κ1) is 13.8. The van der Waals surface area contributed by atoms with Crippen molar-refractivity contribution in [2.45, 2.75) is 38.6 Å². The third-order valence-electron chi connectivity index (χ3n) is 4.89. The molecule has 1 aromatic heterocycles. The molecular formula is C20H22N2O3. The van der Waals surface area contributed by atoms with E-state index in [0.717, 1.165) is 0 Å². The maximum absolute atomic E-state index is 12.6. The average molecular weight is 341 g/mol. The van der Waals surface area contributed by atoms with E-state index in [4.69, 9.17) is 15.3 Å². The molecule has 1 aliphatic carbocycles. The number of aromatic nitrogens is 1. The Morgan fingerprint density at radius 2 is 2.20 bits per heavy atom. The van der Waals surface area contributed by atoms with Crippen molar-refractivity contribution in [2.75, 3.05) is 20.2 Å². The fourth-order valence-electron chi connectivity index (χ4n) is 3.34. The van der Waals surface area contributed by atoms with Crippen molar-refractivity contribution >= 4 is 17.3 Å². The van der Waals surface area contributed by atoms with E-state index in [-0.39, 0.29) is 36.4 Å². The van der Waals surface area contributed by atoms with E-state index in [1.165, 1.54) is 14.0 Å². The van der Waals surface area contributed by atoms with E-state index in [0.29, 0.717) is 35.6 Å². The number of terminal acetylenes is 1. The summed E-state index contributed by atoms with van der Waals surface area (Å²) < 4.78 is 28.9. The lowest BCUT2D eigenvalue weighted by Gasteiger charge is -2.41. The Bertz CT molecular complexity index is 904. The van der Waals surface area contributed by atoms with E-state index < -0.39 is 12.5 Å². The number of Topliss-reactive ketones (excluding diaryl/α,β-unsaturated/α-hetero) is 2. The predicted octanol–water partition coefficient (Wildman–Crippen LogP) is 2.25. The minimum absolute atomic E-state index is 0.134. The molecule has 3 rings (SSSR count). The van der Waals surface area contributed by atoms with Crippen LogP contribution in [0, 0.1) is 12.3 Å². The van der Waals surface area contributed by atoms with Crippen LogP contribution in [0.25, 0.3) is 5.70 Å². The summed E-state index contributed by atoms with van der Waals surface area (Å²) in [5.74, 6) is 2.14. The van der Waals surface area contributed by atoms with Gasteiger partial charge in [0.2, 0.25) is 0 Å². The number of rotatable bonds is 3. The smallest absolute Gasteiger partial charge is 0.178 e. The highest BCUT2D eigenvalue weighted by atomic mass is 16.5. The molecule has 0 unspecified atom stereocenters. The Hall–Kier alpha value is -2.45. The number of fused-ring (bicyclic) bond motifs is 1. The molecule has 0 spiro atoms. The number of ketones is 2. The number of hydrogen-bond donors (Lipinski definition) is 0. The number of carbonyl (C=O) groups is 2. The summed E-state index contributed by atoms with van der Waals surface area (Å²) in [4.78, 5) is 30.4. The molecule has 0 N–H and O–H groups in total. The predicted molar refractivity (Wildman–Crippen MR) is 94.9 cm³/mol. The maximum Gasteiger partial charge on any atom is 0.178 e. The summed E-state index contributed by atoms with van der Waals surface area (Å²) in [7, 11) is 1.42. The molecule has 1 aromatic rings. The minimum Gasteiger partial charge on any atom is -0.378 e. The molecule has 1 saturated heterocycles. The highest BCUT2D eigenvalue weighted by Crippen LogP contribution is 2.36. The van der Waals surface area contributed by atoms with Gasteiger partial charge in [0, 0.05) is 49.4 Å². The van der Waals surface area contributed by atoms with Gasteiger partial charge in [-0.05, 0) is 31.3 Å². The molecule has 0 aromatic carbocycles. The van der Waals surface area contributed by atoms with E-state index in [9.17, 15) is 9.59 Å². The molecule has 0 radical (unpaired) electrons. The fourth-order valence-corrected chi connectivity index (χ4v) is 3.34. The van der Waals surface area contributed by atoms with Crippen LogP contribution in [0.15, 0.2) is 17.8 Å². The van der Waals surface area contributed by atoms with E-state index in [1.54, 1.807) is 12.3 Å². The van der Waals surface area contributed by atoms with Crippen molar-refractivity contribution in [1.29, 1.82) is 0 Å². The van der Waals surface area contributed by atoms with Crippen molar-refractivity contribution in [3.63, 3.8) is 0 Å². The lowest BCUT2D eigenvalue weighted by Crippen LogP contribution is -2.43. The highest BCUT2D eigenvalue weighted by molar-refractivity contribution is 6.10. The summed E-state index contributed by atoms with van der Waals surface area (Å²) in [5.41, 5.74) is 1.34. The SMILES string of the molecule is [2H]C([2H])([2H])C1(OC)CCN(C2=C(C#C)C(=O)Cc3cnc(C(C)=O)cc32)CC1. The lowest BCUT2D eigenvalue weighted by atomic mass is 9.86. The molecule has 5 heteroatoms. The number of pyridine rings is 1. The van der Waals surface area contributed by atoms with Gasteiger partial charge in [0.25, 0.3) is 0 Å². The van der Waals surface area contributed by atoms with Gasteiger partial charge in [-0.2, -0.15) is 0 Å². The first-order valence-electron chi connectivity index (χ1n) is 9.68. The number of piperidine rings is 1. The number of ether oxygens (including phenoxy) is 1. The zero-order valence-corrected chi connectivity index (χ0v) is 14.4. The summed E-state index contributed by atoms with van der Waals surface area (Å²) in [6.45, 7) is -0.0735. The molecule has 0 amide bonds. The molecule has 0 atom stereocenters. The molecule has 5 nitrogen and oxygen atoms in total. The van der Waals surface area contributed by atoms with Crippen molar-refractivity contribution < 1.29 is 18.4 Å². The van der Waals surface area contributed by atoms with E-state index in [2.05, 4.69) is 10.9 Å². The van der Waals surface area contributed by atoms with Crippen LogP contribution >= 0.6 is 0 Å². The number of nitrogens with zero attached hydrogens (tertiary/aromatic N) is 2. The minimum atomic E-state index is -2.25. The first-order chi connectivity index (χ1) is 13.1. The fraction of sp³-hybridized carbons (Fsp3) is 0.450. The quantitative estimate of drug-likeness (QED) is 0.623. The number of hydrogen-bond acceptors (Lipinski definition) is 5. The van der Waals surface area contributed by atoms with Crippen LogP contribution in [-0.4, -0.2) is 47.3 Å². The molecule has 130 valence electrons. The second-order valence-electron chi connectivity index (χ2n) is 6.44. The van der Waals surface area contributed by atoms with Crippen molar-refractivity contribution in [3.05, 3.63) is 34.7 Å². The molecular weight excluding hydrogens is 316 g/mol. The molecule has 2 heterocycles. The number of methoxy groups -OCH3 is 1. The molecule has 2 aliphatic rings. The van der Waals surface area contributed by atoms with Crippen LogP contribution in [0.4, 0.5) is 0 Å². The van der Waals surface area contributed by atoms with Crippen molar-refractivity contribution in [2.24, 2.45) is 0 Å². The van der Waals surface area contributed by atoms with E-state index in [1.807, 2.05) is 4.90 Å². The molecule has 0 bridgehead atoms. The highest BCUT2D eigenvalue weighted by Gasteiger charge is 2.35. The average Bonchev–Trinajstić information content (AvgIpc) is 2.65. The van der Waals surface area contributed by atoms with Gasteiger partial charge in [0.15, 0.2) is 11.6 Å². The van der Waals surface area contributed by atoms with Crippen LogP contribution in [0.3, 0.4) is 0 Å². The van der Waals surface area contributed by atoms with Gasteiger partial charge in [-0.25, -0.2) is 0 Å². The van der Waals surface area contributed by atoms with Crippen LogP contribution in [0.5, 0.6) is 0 Å². The van der Waals surface area contributed by atoms with Crippen LogP contribution < -0.4 is 0 Å². The Morgan fingerprint density at radius 1 is 1.48 bits per heavy atom. The summed E-state index contributed by atoms with van der Waals surface area (Å²) >= 11 is 0. The van der Waals surface area contributed by atoms with Crippen LogP contribution in [0.1, 0.15) is 52.3 Å². The second-order valence-corrected chi connectivity index (χ2v) is 6.44. The van der Waals surface area contributed by atoms with Gasteiger partial charge >= 0.3 is 0 Å². The Labute approximate surface area is 152 Å². The molecule has 1 fully saturated rings. The monoisotopic (exact) mass is 341 g/mol. The van der Waals surface area contributed by atoms with Gasteiger partial charge in [-0.1, -0.05) is 5.92 Å². The van der Waals surface area contributed by atoms with Gasteiger partial charge in [0.1, 0.15) is 5.69 Å². The summed E-state index contributed by atoms with van der Waals surface area (Å²) in [6.07, 6.45) is 7.87. The molecule has 1 aliphatic heterocycles. The second kappa shape index (κ2) is 6.45. The number of allylic oxidation sites excluding steroid dienone is 1. The van der Waals surface area contributed by atoms with Gasteiger partial charge in [-0.3, -0.25) is 14.6 Å². The third kappa shape index (κ3) is 3.10. The van der Waals surface area contributed by atoms with E-state index >= 15 is 0 Å². The first-order valence-corrected chi connectivity index (χ1v) is 8.18. The standard InChI is InChI=1S/C20H22N2O3/c1-5-15-18(24)10-14-12-21-17(13(2)23)11-16(14)19(15)22-8-6-20(3,25-4)7-9-22/h1,11-12H,6-10H2,2-4H3/i3D3. The number of carbonyl (C=O) groups excluding carboxylic acids is 2. The largest absolute Gasteiger partial charge is 0.378 e. The van der Waals surface area contributed by atoms with Crippen LogP contribution in [0.2, 0.25) is 0 Å². The lowest BCUT2D eigenvalue weighted by molar-refractivity contribution is -0.114. The number of likely N-dealkylation sites (tertiary alicyclic amines) is 1. The Kier molecular flexibility index (Phi) is 3.56. The summed E-state index contributed by atoms with van der Waals surface area (Å²) in [6, 6.07) is 1.67. The van der Waals surface area contributed by atoms with Gasteiger partial charge in [-0.15, -0.1) is 6.42 Å². The van der Waals surface area contributed by atoms with Gasteiger partial charge < -0.3 is 9.64 Å². The Balaban J connectivity index is 2.03. The Morgan fingerprint density at radius 3 is 2.76 bits per heavy atom. The van der Waals surface area contributed by atoms with Crippen molar-refractivity contribution in [1.82, 2.24) is 9.88 Å². The summed E-state index contributed by atoms with van der Waals surface area (Å²) in [5, 5.41) is 0. The van der Waals surface area contributed by atoms with Gasteiger partial charge in [0.05, 0.1) is 16.9 Å². The van der Waals surface area contributed by atoms with Crippen molar-refractivity contribution in [3.8, 4) is 12.3 Å². The normalized spacial score (nSPS) is 21.7. The van der Waals surface area contributed by atoms with Crippen LogP contribution in [-0.2, 0) is 16.0 Å².